The second-order valence-electron chi connectivity index (χ2n) is 4.77. The molecule has 1 aliphatic rings. The number of sulfonamides is 1. The van der Waals surface area contributed by atoms with E-state index in [2.05, 4.69) is 26.0 Å². The Balaban J connectivity index is 1.91. The van der Waals surface area contributed by atoms with Crippen molar-refractivity contribution in [1.82, 2.24) is 5.32 Å². The molecule has 1 aliphatic heterocycles. The molecule has 0 spiro atoms. The van der Waals surface area contributed by atoms with E-state index in [1.54, 1.807) is 12.1 Å². The number of hydrogen-bond acceptors (Lipinski definition) is 3. The van der Waals surface area contributed by atoms with Crippen LogP contribution in [0.15, 0.2) is 45.8 Å². The van der Waals surface area contributed by atoms with E-state index in [-0.39, 0.29) is 9.37 Å². The quantitative estimate of drug-likeness (QED) is 0.872. The zero-order valence-electron chi connectivity index (χ0n) is 10.9. The Kier molecular flexibility index (Phi) is 3.73. The lowest BCUT2D eigenvalue weighted by Crippen LogP contribution is -2.13. The van der Waals surface area contributed by atoms with Crippen molar-refractivity contribution in [3.8, 4) is 0 Å². The molecule has 2 N–H and O–H groups in total. The van der Waals surface area contributed by atoms with Gasteiger partial charge in [-0.25, -0.2) is 12.8 Å². The van der Waals surface area contributed by atoms with Crippen LogP contribution < -0.4 is 10.0 Å². The number of rotatable bonds is 3. The Bertz CT molecular complexity index is 809. The lowest BCUT2D eigenvalue weighted by molar-refractivity contribution is 0.600. The molecule has 7 heteroatoms. The predicted octanol–water partition coefficient (Wildman–Crippen LogP) is 2.99. The minimum absolute atomic E-state index is 0.199. The van der Waals surface area contributed by atoms with E-state index in [4.69, 9.17) is 0 Å². The molecule has 21 heavy (non-hydrogen) atoms. The Labute approximate surface area is 130 Å². The predicted molar refractivity (Wildman–Crippen MR) is 81.9 cm³/mol. The number of benzene rings is 2. The number of nitrogens with one attached hydrogen (secondary N) is 2. The van der Waals surface area contributed by atoms with Crippen LogP contribution in [0.4, 0.5) is 10.1 Å². The maximum atomic E-state index is 13.2. The summed E-state index contributed by atoms with van der Waals surface area (Å²) in [5.74, 6) is -0.443. The number of halogens is 2. The molecule has 2 aromatic carbocycles. The van der Waals surface area contributed by atoms with Gasteiger partial charge in [0.15, 0.2) is 0 Å². The largest absolute Gasteiger partial charge is 0.309 e. The molecule has 0 saturated carbocycles. The van der Waals surface area contributed by atoms with Gasteiger partial charge in [-0.15, -0.1) is 0 Å². The lowest BCUT2D eigenvalue weighted by Gasteiger charge is -2.10. The van der Waals surface area contributed by atoms with Crippen molar-refractivity contribution in [2.75, 3.05) is 4.72 Å². The molecule has 0 amide bonds. The van der Waals surface area contributed by atoms with E-state index in [0.29, 0.717) is 12.2 Å². The topological polar surface area (TPSA) is 58.2 Å². The third-order valence-electron chi connectivity index (χ3n) is 3.29. The molecule has 0 unspecified atom stereocenters. The summed E-state index contributed by atoms with van der Waals surface area (Å²) in [5, 5.41) is 3.17. The van der Waals surface area contributed by atoms with Crippen molar-refractivity contribution >= 4 is 31.6 Å². The summed E-state index contributed by atoms with van der Waals surface area (Å²) < 4.78 is 40.5. The van der Waals surface area contributed by atoms with Gasteiger partial charge in [0.1, 0.15) is 5.82 Å². The summed E-state index contributed by atoms with van der Waals surface area (Å²) in [6.07, 6.45) is 0. The molecule has 2 aromatic rings. The van der Waals surface area contributed by atoms with Gasteiger partial charge in [-0.05, 0) is 57.4 Å². The molecule has 0 bridgehead atoms. The summed E-state index contributed by atoms with van der Waals surface area (Å²) >= 11 is 3.03. The second-order valence-corrected chi connectivity index (χ2v) is 7.31. The van der Waals surface area contributed by atoms with E-state index in [1.165, 1.54) is 18.2 Å². The van der Waals surface area contributed by atoms with Crippen LogP contribution in [0.25, 0.3) is 0 Å². The highest BCUT2D eigenvalue weighted by molar-refractivity contribution is 9.10. The minimum Gasteiger partial charge on any atom is -0.309 e. The number of hydrogen-bond donors (Lipinski definition) is 2. The molecule has 4 nitrogen and oxygen atoms in total. The van der Waals surface area contributed by atoms with Crippen molar-refractivity contribution in [2.24, 2.45) is 0 Å². The fourth-order valence-electron chi connectivity index (χ4n) is 2.21. The summed E-state index contributed by atoms with van der Waals surface area (Å²) in [5.41, 5.74) is 2.40. The zero-order valence-corrected chi connectivity index (χ0v) is 13.3. The normalized spacial score (nSPS) is 14.0. The van der Waals surface area contributed by atoms with Crippen LogP contribution in [0.5, 0.6) is 0 Å². The highest BCUT2D eigenvalue weighted by atomic mass is 79.9. The average Bonchev–Trinajstić information content (AvgIpc) is 2.90. The van der Waals surface area contributed by atoms with Gasteiger partial charge in [-0.3, -0.25) is 4.72 Å². The average molecular weight is 371 g/mol. The van der Waals surface area contributed by atoms with Crippen LogP contribution in [0, 0.1) is 5.82 Å². The SMILES string of the molecule is O=S(=O)(Nc1ccc(F)c(Br)c1)c1ccc2c(c1)CNC2. The first-order valence-corrected chi connectivity index (χ1v) is 8.54. The molecule has 0 aromatic heterocycles. The van der Waals surface area contributed by atoms with Crippen LogP contribution in [0.3, 0.4) is 0 Å². The van der Waals surface area contributed by atoms with E-state index < -0.39 is 15.8 Å². The molecule has 3 rings (SSSR count). The Morgan fingerprint density at radius 2 is 1.86 bits per heavy atom. The third-order valence-corrected chi connectivity index (χ3v) is 5.28. The maximum absolute atomic E-state index is 13.2. The van der Waals surface area contributed by atoms with Crippen molar-refractivity contribution in [3.63, 3.8) is 0 Å². The Hall–Kier alpha value is -1.44. The fraction of sp³-hybridized carbons (Fsp3) is 0.143. The van der Waals surface area contributed by atoms with Gasteiger partial charge in [0, 0.05) is 13.1 Å². The van der Waals surface area contributed by atoms with E-state index >= 15 is 0 Å². The molecular weight excluding hydrogens is 359 g/mol. The first kappa shape index (κ1) is 14.5. The fourth-order valence-corrected chi connectivity index (χ4v) is 3.69. The smallest absolute Gasteiger partial charge is 0.261 e. The van der Waals surface area contributed by atoms with E-state index in [0.717, 1.165) is 17.7 Å². The molecule has 0 aliphatic carbocycles. The Morgan fingerprint density at radius 1 is 1.10 bits per heavy atom. The number of anilines is 1. The number of fused-ring (bicyclic) bond motifs is 1. The molecule has 1 heterocycles. The zero-order chi connectivity index (χ0) is 15.0. The second kappa shape index (κ2) is 5.40. The molecule has 110 valence electrons. The van der Waals surface area contributed by atoms with Crippen LogP contribution in [-0.4, -0.2) is 8.42 Å². The first-order valence-electron chi connectivity index (χ1n) is 6.26. The maximum Gasteiger partial charge on any atom is 0.261 e. The monoisotopic (exact) mass is 370 g/mol. The summed E-state index contributed by atoms with van der Waals surface area (Å²) in [6, 6.07) is 9.02. The molecular formula is C14H12BrFN2O2S. The third kappa shape index (κ3) is 2.95. The summed E-state index contributed by atoms with van der Waals surface area (Å²) in [6.45, 7) is 1.43. The minimum atomic E-state index is -3.69. The van der Waals surface area contributed by atoms with Gasteiger partial charge in [0.05, 0.1) is 15.1 Å². The summed E-state index contributed by atoms with van der Waals surface area (Å²) in [7, 11) is -3.69. The van der Waals surface area contributed by atoms with Gasteiger partial charge in [-0.1, -0.05) is 6.07 Å². The molecule has 0 fully saturated rings. The van der Waals surface area contributed by atoms with Crippen LogP contribution >= 0.6 is 15.9 Å². The van der Waals surface area contributed by atoms with Crippen LogP contribution in [0.2, 0.25) is 0 Å². The highest BCUT2D eigenvalue weighted by Crippen LogP contribution is 2.24. The van der Waals surface area contributed by atoms with E-state index in [1.807, 2.05) is 6.07 Å². The summed E-state index contributed by atoms with van der Waals surface area (Å²) in [4.78, 5) is 0.199. The lowest BCUT2D eigenvalue weighted by atomic mass is 10.1. The van der Waals surface area contributed by atoms with Gasteiger partial charge in [0.2, 0.25) is 0 Å². The standard InChI is InChI=1S/C14H12BrFN2O2S/c15-13-6-11(2-4-14(13)16)18-21(19,20)12-3-1-9-7-17-8-10(9)5-12/h1-6,17-18H,7-8H2. The first-order chi connectivity index (χ1) is 9.95. The van der Waals surface area contributed by atoms with Gasteiger partial charge in [-0.2, -0.15) is 0 Å². The van der Waals surface area contributed by atoms with Gasteiger partial charge >= 0.3 is 0 Å². The molecule has 0 saturated heterocycles. The molecule has 0 atom stereocenters. The van der Waals surface area contributed by atoms with Crippen molar-refractivity contribution in [1.29, 1.82) is 0 Å². The van der Waals surface area contributed by atoms with E-state index in [9.17, 15) is 12.8 Å². The highest BCUT2D eigenvalue weighted by Gasteiger charge is 2.18. The van der Waals surface area contributed by atoms with Crippen molar-refractivity contribution in [3.05, 3.63) is 57.8 Å². The van der Waals surface area contributed by atoms with Crippen molar-refractivity contribution < 1.29 is 12.8 Å². The van der Waals surface area contributed by atoms with Gasteiger partial charge in [0.25, 0.3) is 10.0 Å². The molecule has 0 radical (unpaired) electrons. The van der Waals surface area contributed by atoms with Crippen molar-refractivity contribution in [2.45, 2.75) is 18.0 Å². The van der Waals surface area contributed by atoms with Crippen LogP contribution in [0.1, 0.15) is 11.1 Å². The Morgan fingerprint density at radius 3 is 2.62 bits per heavy atom. The van der Waals surface area contributed by atoms with Gasteiger partial charge < -0.3 is 5.32 Å². The van der Waals surface area contributed by atoms with Crippen LogP contribution in [-0.2, 0) is 23.1 Å².